The summed E-state index contributed by atoms with van der Waals surface area (Å²) in [6, 6.07) is 5.38. The predicted octanol–water partition coefficient (Wildman–Crippen LogP) is 1.23. The SMILES string of the molecule is Cc1c[nH]c(-c2ccc(N)nc2C#N)n1. The highest BCUT2D eigenvalue weighted by molar-refractivity contribution is 5.63. The van der Waals surface area contributed by atoms with E-state index in [4.69, 9.17) is 11.0 Å². The number of hydrogen-bond donors (Lipinski definition) is 2. The molecule has 0 saturated carbocycles. The zero-order chi connectivity index (χ0) is 10.8. The maximum Gasteiger partial charge on any atom is 0.153 e. The van der Waals surface area contributed by atoms with Gasteiger partial charge in [-0.1, -0.05) is 0 Å². The Bertz CT molecular complexity index is 535. The van der Waals surface area contributed by atoms with Crippen molar-refractivity contribution in [1.82, 2.24) is 15.0 Å². The van der Waals surface area contributed by atoms with Crippen molar-refractivity contribution in [3.63, 3.8) is 0 Å². The van der Waals surface area contributed by atoms with Crippen molar-refractivity contribution < 1.29 is 0 Å². The van der Waals surface area contributed by atoms with Gasteiger partial charge in [0.2, 0.25) is 0 Å². The number of nitrogens with one attached hydrogen (secondary N) is 1. The quantitative estimate of drug-likeness (QED) is 0.722. The lowest BCUT2D eigenvalue weighted by atomic mass is 10.2. The van der Waals surface area contributed by atoms with Crippen LogP contribution >= 0.6 is 0 Å². The Kier molecular flexibility index (Phi) is 2.10. The van der Waals surface area contributed by atoms with E-state index in [9.17, 15) is 0 Å². The number of nitrogens with two attached hydrogens (primary N) is 1. The maximum absolute atomic E-state index is 8.90. The first-order valence-corrected chi connectivity index (χ1v) is 4.39. The topological polar surface area (TPSA) is 91.4 Å². The van der Waals surface area contributed by atoms with E-state index in [2.05, 4.69) is 15.0 Å². The summed E-state index contributed by atoms with van der Waals surface area (Å²) < 4.78 is 0. The zero-order valence-corrected chi connectivity index (χ0v) is 8.15. The van der Waals surface area contributed by atoms with Crippen LogP contribution < -0.4 is 5.73 Å². The first kappa shape index (κ1) is 9.21. The highest BCUT2D eigenvalue weighted by Gasteiger charge is 2.09. The third kappa shape index (κ3) is 1.65. The third-order valence-corrected chi connectivity index (χ3v) is 1.98. The van der Waals surface area contributed by atoms with Gasteiger partial charge >= 0.3 is 0 Å². The molecule has 2 aromatic rings. The van der Waals surface area contributed by atoms with E-state index >= 15 is 0 Å². The van der Waals surface area contributed by atoms with Crippen molar-refractivity contribution in [3.8, 4) is 17.5 Å². The monoisotopic (exact) mass is 199 g/mol. The minimum Gasteiger partial charge on any atom is -0.384 e. The molecule has 0 radical (unpaired) electrons. The van der Waals surface area contributed by atoms with Gasteiger partial charge in [0.25, 0.3) is 0 Å². The minimum atomic E-state index is 0.282. The van der Waals surface area contributed by atoms with Crippen LogP contribution in [-0.2, 0) is 0 Å². The Morgan fingerprint density at radius 1 is 1.40 bits per heavy atom. The van der Waals surface area contributed by atoms with Gasteiger partial charge in [-0.3, -0.25) is 0 Å². The molecule has 0 spiro atoms. The fourth-order valence-corrected chi connectivity index (χ4v) is 1.30. The smallest absolute Gasteiger partial charge is 0.153 e. The Morgan fingerprint density at radius 2 is 2.20 bits per heavy atom. The number of nitriles is 1. The number of rotatable bonds is 1. The predicted molar refractivity (Wildman–Crippen MR) is 55.7 cm³/mol. The summed E-state index contributed by atoms with van der Waals surface area (Å²) >= 11 is 0. The number of imidazole rings is 1. The second-order valence-electron chi connectivity index (χ2n) is 3.13. The Labute approximate surface area is 86.6 Å². The molecule has 0 saturated heterocycles. The van der Waals surface area contributed by atoms with E-state index in [1.165, 1.54) is 0 Å². The highest BCUT2D eigenvalue weighted by Crippen LogP contribution is 2.19. The largest absolute Gasteiger partial charge is 0.384 e. The van der Waals surface area contributed by atoms with Crippen LogP contribution in [0, 0.1) is 18.3 Å². The van der Waals surface area contributed by atoms with Gasteiger partial charge in [0.05, 0.1) is 11.3 Å². The summed E-state index contributed by atoms with van der Waals surface area (Å²) in [6.45, 7) is 1.87. The van der Waals surface area contributed by atoms with E-state index < -0.39 is 0 Å². The van der Waals surface area contributed by atoms with Crippen molar-refractivity contribution >= 4 is 5.82 Å². The highest BCUT2D eigenvalue weighted by atomic mass is 14.9. The summed E-state index contributed by atoms with van der Waals surface area (Å²) in [4.78, 5) is 11.1. The fraction of sp³-hybridized carbons (Fsp3) is 0.100. The number of pyridine rings is 1. The van der Waals surface area contributed by atoms with Gasteiger partial charge in [0.15, 0.2) is 5.69 Å². The van der Waals surface area contributed by atoms with Gasteiger partial charge in [0, 0.05) is 6.20 Å². The van der Waals surface area contributed by atoms with Crippen LogP contribution in [0.2, 0.25) is 0 Å². The third-order valence-electron chi connectivity index (χ3n) is 1.98. The van der Waals surface area contributed by atoms with Crippen molar-refractivity contribution in [2.24, 2.45) is 0 Å². The van der Waals surface area contributed by atoms with Gasteiger partial charge in [-0.25, -0.2) is 9.97 Å². The molecule has 2 heterocycles. The molecule has 74 valence electrons. The number of aromatic amines is 1. The molecule has 5 heteroatoms. The number of nitrogens with zero attached hydrogens (tertiary/aromatic N) is 3. The molecular formula is C10H9N5. The summed E-state index contributed by atoms with van der Waals surface area (Å²) in [7, 11) is 0. The second-order valence-corrected chi connectivity index (χ2v) is 3.13. The van der Waals surface area contributed by atoms with E-state index in [-0.39, 0.29) is 5.69 Å². The molecule has 0 atom stereocenters. The summed E-state index contributed by atoms with van der Waals surface area (Å²) in [5, 5.41) is 8.90. The van der Waals surface area contributed by atoms with E-state index in [0.717, 1.165) is 5.69 Å². The zero-order valence-electron chi connectivity index (χ0n) is 8.15. The fourth-order valence-electron chi connectivity index (χ4n) is 1.30. The number of H-pyrrole nitrogens is 1. The van der Waals surface area contributed by atoms with Crippen LogP contribution in [0.4, 0.5) is 5.82 Å². The van der Waals surface area contributed by atoms with Gasteiger partial charge in [0.1, 0.15) is 17.7 Å². The molecule has 15 heavy (non-hydrogen) atoms. The molecule has 0 aliphatic rings. The molecule has 3 N–H and O–H groups in total. The summed E-state index contributed by atoms with van der Waals surface area (Å²) in [6.07, 6.45) is 1.77. The van der Waals surface area contributed by atoms with Crippen LogP contribution in [0.5, 0.6) is 0 Å². The van der Waals surface area contributed by atoms with Gasteiger partial charge in [-0.15, -0.1) is 0 Å². The van der Waals surface area contributed by atoms with E-state index in [1.807, 2.05) is 13.0 Å². The number of hydrogen-bond acceptors (Lipinski definition) is 4. The average molecular weight is 199 g/mol. The van der Waals surface area contributed by atoms with Crippen molar-refractivity contribution in [2.75, 3.05) is 5.73 Å². The standard InChI is InChI=1S/C10H9N5/c1-6-5-13-10(14-6)7-2-3-9(12)15-8(7)4-11/h2-3,5H,1H3,(H2,12,15)(H,13,14). The lowest BCUT2D eigenvalue weighted by Crippen LogP contribution is -1.95. The normalized spacial score (nSPS) is 9.87. The van der Waals surface area contributed by atoms with Crippen LogP contribution in [0.15, 0.2) is 18.3 Å². The average Bonchev–Trinajstić information content (AvgIpc) is 2.64. The van der Waals surface area contributed by atoms with E-state index in [0.29, 0.717) is 17.2 Å². The van der Waals surface area contributed by atoms with Gasteiger partial charge < -0.3 is 10.7 Å². The summed E-state index contributed by atoms with van der Waals surface area (Å²) in [5.41, 5.74) is 7.31. The first-order chi connectivity index (χ1) is 7.20. The number of aromatic nitrogens is 3. The molecule has 0 amide bonds. The minimum absolute atomic E-state index is 0.282. The molecule has 2 rings (SSSR count). The van der Waals surface area contributed by atoms with Crippen molar-refractivity contribution in [2.45, 2.75) is 6.92 Å². The number of aryl methyl sites for hydroxylation is 1. The molecule has 0 unspecified atom stereocenters. The first-order valence-electron chi connectivity index (χ1n) is 4.39. The molecule has 0 fully saturated rings. The number of nitrogen functional groups attached to an aromatic ring is 1. The maximum atomic E-state index is 8.90. The van der Waals surface area contributed by atoms with Crippen molar-refractivity contribution in [1.29, 1.82) is 5.26 Å². The molecule has 0 aromatic carbocycles. The molecule has 0 aliphatic heterocycles. The molecule has 5 nitrogen and oxygen atoms in total. The lowest BCUT2D eigenvalue weighted by molar-refractivity contribution is 1.21. The van der Waals surface area contributed by atoms with Gasteiger partial charge in [-0.05, 0) is 19.1 Å². The van der Waals surface area contributed by atoms with Crippen LogP contribution in [0.3, 0.4) is 0 Å². The molecule has 2 aromatic heterocycles. The second kappa shape index (κ2) is 3.42. The van der Waals surface area contributed by atoms with Crippen LogP contribution in [-0.4, -0.2) is 15.0 Å². The van der Waals surface area contributed by atoms with Crippen LogP contribution in [0.25, 0.3) is 11.4 Å². The van der Waals surface area contributed by atoms with E-state index in [1.54, 1.807) is 18.3 Å². The molecular weight excluding hydrogens is 190 g/mol. The number of anilines is 1. The van der Waals surface area contributed by atoms with Crippen LogP contribution in [0.1, 0.15) is 11.4 Å². The Morgan fingerprint density at radius 3 is 2.80 bits per heavy atom. The molecule has 0 bridgehead atoms. The molecule has 0 aliphatic carbocycles. The Hall–Kier alpha value is -2.35. The van der Waals surface area contributed by atoms with Crippen molar-refractivity contribution in [3.05, 3.63) is 29.7 Å². The Balaban J connectivity index is 2.58. The summed E-state index contributed by atoms with van der Waals surface area (Å²) in [5.74, 6) is 0.968. The van der Waals surface area contributed by atoms with Gasteiger partial charge in [-0.2, -0.15) is 5.26 Å². The lowest BCUT2D eigenvalue weighted by Gasteiger charge is -2.00.